The van der Waals surface area contributed by atoms with Crippen LogP contribution in [0.4, 0.5) is 0 Å². The molecule has 1 aromatic heterocycles. The van der Waals surface area contributed by atoms with Crippen LogP contribution in [0.5, 0.6) is 5.75 Å². The lowest BCUT2D eigenvalue weighted by atomic mass is 9.81. The minimum atomic E-state index is -0.327. The molecule has 202 valence electrons. The maximum Gasteiger partial charge on any atom is 0.331 e. The van der Waals surface area contributed by atoms with Crippen molar-refractivity contribution < 1.29 is 19.1 Å². The van der Waals surface area contributed by atoms with Crippen molar-refractivity contribution in [2.24, 2.45) is 18.9 Å². The van der Waals surface area contributed by atoms with E-state index in [-0.39, 0.29) is 47.6 Å². The molecule has 1 aliphatic carbocycles. The van der Waals surface area contributed by atoms with E-state index in [9.17, 15) is 19.2 Å². The average Bonchev–Trinajstić information content (AvgIpc) is 2.92. The lowest BCUT2D eigenvalue weighted by molar-refractivity contribution is -0.145. The molecule has 2 aliphatic rings. The molecule has 1 saturated heterocycles. The Balaban J connectivity index is 1.33. The van der Waals surface area contributed by atoms with Crippen LogP contribution in [0.15, 0.2) is 27.8 Å². The van der Waals surface area contributed by atoms with Gasteiger partial charge in [0.15, 0.2) is 0 Å². The molecule has 2 amide bonds. The number of benzene rings is 1. The van der Waals surface area contributed by atoms with E-state index in [0.717, 1.165) is 25.7 Å². The van der Waals surface area contributed by atoms with Gasteiger partial charge < -0.3 is 19.3 Å². The smallest absolute Gasteiger partial charge is 0.331 e. The first-order valence-electron chi connectivity index (χ1n) is 13.1. The second-order valence-electron chi connectivity index (χ2n) is 10.4. The predicted molar refractivity (Wildman–Crippen MR) is 140 cm³/mol. The number of carbonyl (C=O) groups excluding carboxylic acids is 2. The summed E-state index contributed by atoms with van der Waals surface area (Å²) in [6.45, 7) is 6.36. The minimum Gasteiger partial charge on any atom is -0.497 e. The summed E-state index contributed by atoms with van der Waals surface area (Å²) < 4.78 is 13.5. The standard InChI is InChI=1S/C27H38N4O6/c1-18(2)37-17-24(32)29-11-13-30(14-12-29)25(33)20-7-5-19(6-8-20)16-31-26(34)22-15-21(36-4)9-10-23(22)28(3)27(31)35/h9-10,15,18-20H,5-8,11-14,16-17H2,1-4H3. The fourth-order valence-corrected chi connectivity index (χ4v) is 5.40. The molecular formula is C27H38N4O6. The molecule has 0 unspecified atom stereocenters. The van der Waals surface area contributed by atoms with Gasteiger partial charge in [0.1, 0.15) is 12.4 Å². The molecule has 2 fully saturated rings. The Kier molecular flexibility index (Phi) is 8.36. The molecule has 37 heavy (non-hydrogen) atoms. The highest BCUT2D eigenvalue weighted by atomic mass is 16.5. The van der Waals surface area contributed by atoms with Crippen molar-refractivity contribution in [3.63, 3.8) is 0 Å². The van der Waals surface area contributed by atoms with E-state index in [2.05, 4.69) is 0 Å². The lowest BCUT2D eigenvalue weighted by Crippen LogP contribution is -2.53. The van der Waals surface area contributed by atoms with Gasteiger partial charge in [-0.2, -0.15) is 0 Å². The van der Waals surface area contributed by atoms with Gasteiger partial charge in [-0.1, -0.05) is 0 Å². The number of carbonyl (C=O) groups is 2. The highest BCUT2D eigenvalue weighted by Gasteiger charge is 2.32. The van der Waals surface area contributed by atoms with Crippen molar-refractivity contribution >= 4 is 22.7 Å². The summed E-state index contributed by atoms with van der Waals surface area (Å²) in [6.07, 6.45) is 3.05. The second kappa shape index (κ2) is 11.5. The average molecular weight is 515 g/mol. The van der Waals surface area contributed by atoms with Gasteiger partial charge in [-0.3, -0.25) is 23.5 Å². The quantitative estimate of drug-likeness (QED) is 0.556. The molecule has 0 atom stereocenters. The van der Waals surface area contributed by atoms with E-state index in [1.165, 1.54) is 9.13 Å². The number of piperazine rings is 1. The maximum absolute atomic E-state index is 13.2. The number of fused-ring (bicyclic) bond motifs is 1. The molecule has 2 heterocycles. The Labute approximate surface area is 216 Å². The third-order valence-corrected chi connectivity index (χ3v) is 7.68. The highest BCUT2D eigenvalue weighted by Crippen LogP contribution is 2.31. The van der Waals surface area contributed by atoms with Crippen molar-refractivity contribution in [2.75, 3.05) is 39.9 Å². The number of aromatic nitrogens is 2. The van der Waals surface area contributed by atoms with Gasteiger partial charge in [0.25, 0.3) is 5.56 Å². The summed E-state index contributed by atoms with van der Waals surface area (Å²) in [5.74, 6) is 0.795. The Morgan fingerprint density at radius 1 is 1.00 bits per heavy atom. The first-order valence-corrected chi connectivity index (χ1v) is 13.1. The molecule has 10 nitrogen and oxygen atoms in total. The van der Waals surface area contributed by atoms with Gasteiger partial charge in [0.05, 0.1) is 24.1 Å². The van der Waals surface area contributed by atoms with Crippen LogP contribution in [0.25, 0.3) is 10.9 Å². The summed E-state index contributed by atoms with van der Waals surface area (Å²) in [6, 6.07) is 5.14. The number of hydrogen-bond acceptors (Lipinski definition) is 6. The van der Waals surface area contributed by atoms with Crippen LogP contribution in [-0.4, -0.2) is 76.7 Å². The number of methoxy groups -OCH3 is 1. The van der Waals surface area contributed by atoms with Crippen LogP contribution in [-0.2, 0) is 27.9 Å². The van der Waals surface area contributed by atoms with E-state index in [1.54, 1.807) is 37.3 Å². The van der Waals surface area contributed by atoms with E-state index in [4.69, 9.17) is 9.47 Å². The number of nitrogens with zero attached hydrogens (tertiary/aromatic N) is 4. The molecule has 0 N–H and O–H groups in total. The molecule has 0 bridgehead atoms. The fourth-order valence-electron chi connectivity index (χ4n) is 5.40. The highest BCUT2D eigenvalue weighted by molar-refractivity contribution is 5.81. The van der Waals surface area contributed by atoms with Gasteiger partial charge in [-0.05, 0) is 63.6 Å². The number of aryl methyl sites for hydroxylation is 1. The molecule has 1 aromatic carbocycles. The summed E-state index contributed by atoms with van der Waals surface area (Å²) in [5, 5.41) is 0.457. The Morgan fingerprint density at radius 3 is 2.27 bits per heavy atom. The monoisotopic (exact) mass is 514 g/mol. The van der Waals surface area contributed by atoms with E-state index >= 15 is 0 Å². The summed E-state index contributed by atoms with van der Waals surface area (Å²) in [4.78, 5) is 55.2. The third-order valence-electron chi connectivity index (χ3n) is 7.68. The normalized spacial score (nSPS) is 20.5. The van der Waals surface area contributed by atoms with Gasteiger partial charge in [-0.25, -0.2) is 4.79 Å². The van der Waals surface area contributed by atoms with Crippen molar-refractivity contribution in [1.29, 1.82) is 0 Å². The molecule has 4 rings (SSSR count). The largest absolute Gasteiger partial charge is 0.497 e. The van der Waals surface area contributed by atoms with Crippen molar-refractivity contribution in [1.82, 2.24) is 18.9 Å². The Morgan fingerprint density at radius 2 is 1.65 bits per heavy atom. The summed E-state index contributed by atoms with van der Waals surface area (Å²) in [7, 11) is 3.22. The number of hydrogen-bond donors (Lipinski definition) is 0. The van der Waals surface area contributed by atoms with E-state index in [0.29, 0.717) is 49.4 Å². The van der Waals surface area contributed by atoms with Crippen LogP contribution in [0.1, 0.15) is 39.5 Å². The van der Waals surface area contributed by atoms with Gasteiger partial charge >= 0.3 is 5.69 Å². The molecule has 0 radical (unpaired) electrons. The molecule has 1 saturated carbocycles. The molecular weight excluding hydrogens is 476 g/mol. The van der Waals surface area contributed by atoms with Crippen molar-refractivity contribution in [2.45, 2.75) is 52.2 Å². The minimum absolute atomic E-state index is 0.00772. The van der Waals surface area contributed by atoms with E-state index < -0.39 is 0 Å². The van der Waals surface area contributed by atoms with Gasteiger partial charge in [0.2, 0.25) is 11.8 Å². The number of rotatable bonds is 7. The molecule has 1 aliphatic heterocycles. The summed E-state index contributed by atoms with van der Waals surface area (Å²) in [5.41, 5.74) is -0.0518. The third kappa shape index (κ3) is 5.89. The SMILES string of the molecule is COc1ccc2c(c1)c(=O)n(CC1CCC(C(=O)N3CCN(C(=O)COC(C)C)CC3)CC1)c(=O)n2C. The zero-order valence-corrected chi connectivity index (χ0v) is 22.3. The topological polar surface area (TPSA) is 103 Å². The van der Waals surface area contributed by atoms with Crippen LogP contribution in [0.2, 0.25) is 0 Å². The zero-order valence-electron chi connectivity index (χ0n) is 22.3. The zero-order chi connectivity index (χ0) is 26.7. The van der Waals surface area contributed by atoms with Crippen LogP contribution in [0, 0.1) is 11.8 Å². The fraction of sp³-hybridized carbons (Fsp3) is 0.630. The lowest BCUT2D eigenvalue weighted by Gasteiger charge is -2.38. The van der Waals surface area contributed by atoms with Crippen LogP contribution in [0.3, 0.4) is 0 Å². The number of ether oxygens (including phenoxy) is 2. The molecule has 2 aromatic rings. The predicted octanol–water partition coefficient (Wildman–Crippen LogP) is 1.61. The first kappa shape index (κ1) is 26.9. The summed E-state index contributed by atoms with van der Waals surface area (Å²) >= 11 is 0. The Bertz CT molecular complexity index is 1250. The van der Waals surface area contributed by atoms with Gasteiger partial charge in [-0.15, -0.1) is 0 Å². The van der Waals surface area contributed by atoms with Crippen LogP contribution < -0.4 is 16.0 Å². The van der Waals surface area contributed by atoms with E-state index in [1.807, 2.05) is 18.7 Å². The molecule has 10 heteroatoms. The second-order valence-corrected chi connectivity index (χ2v) is 10.4. The van der Waals surface area contributed by atoms with Crippen molar-refractivity contribution in [3.8, 4) is 5.75 Å². The van der Waals surface area contributed by atoms with Crippen molar-refractivity contribution in [3.05, 3.63) is 39.0 Å². The molecule has 0 spiro atoms. The van der Waals surface area contributed by atoms with Gasteiger partial charge in [0, 0.05) is 45.7 Å². The Hall–Kier alpha value is -3.14. The maximum atomic E-state index is 13.2. The van der Waals surface area contributed by atoms with Crippen LogP contribution >= 0.6 is 0 Å². The number of amides is 2. The first-order chi connectivity index (χ1) is 17.7.